The van der Waals surface area contributed by atoms with Gasteiger partial charge in [-0.15, -0.1) is 0 Å². The molecule has 1 aromatic carbocycles. The monoisotopic (exact) mass is 310 g/mol. The average Bonchev–Trinajstić information content (AvgIpc) is 2.40. The first kappa shape index (κ1) is 14.0. The van der Waals surface area contributed by atoms with Gasteiger partial charge in [0.05, 0.1) is 0 Å². The molecule has 1 aliphatic rings. The summed E-state index contributed by atoms with van der Waals surface area (Å²) in [6, 6.07) is 9.40. The van der Waals surface area contributed by atoms with Gasteiger partial charge in [0, 0.05) is 36.7 Å². The molecular weight excluding hydrogens is 288 g/mol. The van der Waals surface area contributed by atoms with E-state index in [1.165, 1.54) is 42.4 Å². The minimum Gasteiger partial charge on any atom is -0.314 e. The molecule has 2 nitrogen and oxygen atoms in total. The van der Waals surface area contributed by atoms with E-state index in [2.05, 4.69) is 57.3 Å². The van der Waals surface area contributed by atoms with Crippen LogP contribution in [0.2, 0.25) is 0 Å². The number of hydrogen-bond donors (Lipinski definition) is 1. The average molecular weight is 311 g/mol. The van der Waals surface area contributed by atoms with Crippen molar-refractivity contribution in [3.8, 4) is 0 Å². The largest absolute Gasteiger partial charge is 0.314 e. The highest BCUT2D eigenvalue weighted by atomic mass is 79.9. The van der Waals surface area contributed by atoms with Gasteiger partial charge in [-0.1, -0.05) is 47.8 Å². The van der Waals surface area contributed by atoms with Gasteiger partial charge in [0.25, 0.3) is 0 Å². The van der Waals surface area contributed by atoms with E-state index in [0.29, 0.717) is 6.04 Å². The van der Waals surface area contributed by atoms with Crippen molar-refractivity contribution in [1.29, 1.82) is 0 Å². The van der Waals surface area contributed by atoms with Gasteiger partial charge in [0.1, 0.15) is 0 Å². The summed E-state index contributed by atoms with van der Waals surface area (Å²) in [4.78, 5) is 2.63. The van der Waals surface area contributed by atoms with Crippen molar-refractivity contribution in [3.63, 3.8) is 0 Å². The number of halogens is 1. The molecule has 0 aliphatic carbocycles. The van der Waals surface area contributed by atoms with E-state index in [4.69, 9.17) is 0 Å². The van der Waals surface area contributed by atoms with Crippen LogP contribution in [0.3, 0.4) is 0 Å². The van der Waals surface area contributed by atoms with Gasteiger partial charge < -0.3 is 5.32 Å². The second kappa shape index (κ2) is 7.27. The maximum atomic E-state index is 3.59. The molecular formula is C15H23BrN2. The Morgan fingerprint density at radius 1 is 1.33 bits per heavy atom. The zero-order chi connectivity index (χ0) is 12.8. The van der Waals surface area contributed by atoms with Gasteiger partial charge in [0.2, 0.25) is 0 Å². The van der Waals surface area contributed by atoms with Gasteiger partial charge >= 0.3 is 0 Å². The van der Waals surface area contributed by atoms with Crippen LogP contribution in [0.4, 0.5) is 0 Å². The van der Waals surface area contributed by atoms with Crippen LogP contribution in [-0.4, -0.2) is 31.1 Å². The molecule has 1 heterocycles. The van der Waals surface area contributed by atoms with Crippen LogP contribution in [0.15, 0.2) is 28.7 Å². The quantitative estimate of drug-likeness (QED) is 0.894. The zero-order valence-electron chi connectivity index (χ0n) is 11.2. The molecule has 0 aromatic heterocycles. The lowest BCUT2D eigenvalue weighted by Crippen LogP contribution is -2.45. The Kier molecular flexibility index (Phi) is 5.67. The molecule has 1 aromatic rings. The van der Waals surface area contributed by atoms with E-state index < -0.39 is 0 Å². The van der Waals surface area contributed by atoms with Gasteiger partial charge in [0.15, 0.2) is 0 Å². The Bertz CT molecular complexity index is 361. The van der Waals surface area contributed by atoms with E-state index in [9.17, 15) is 0 Å². The molecule has 0 unspecified atom stereocenters. The summed E-state index contributed by atoms with van der Waals surface area (Å²) < 4.78 is 1.19. The lowest BCUT2D eigenvalue weighted by atomic mass is 9.99. The lowest BCUT2D eigenvalue weighted by molar-refractivity contribution is 0.163. The first-order chi connectivity index (χ1) is 8.81. The second-order valence-corrected chi connectivity index (χ2v) is 5.91. The fourth-order valence-electron chi connectivity index (χ4n) is 2.67. The van der Waals surface area contributed by atoms with Crippen molar-refractivity contribution in [2.24, 2.45) is 0 Å². The molecule has 3 heteroatoms. The lowest BCUT2D eigenvalue weighted by Gasteiger charge is -2.35. The van der Waals surface area contributed by atoms with Crippen LogP contribution < -0.4 is 5.32 Å². The Hall–Kier alpha value is -0.380. The zero-order valence-corrected chi connectivity index (χ0v) is 12.7. The molecule has 1 fully saturated rings. The minimum absolute atomic E-state index is 0.588. The standard InChI is InChI=1S/C15H23BrN2/c1-2-3-7-15(18-10-8-17-9-11-18)13-5-4-6-14(16)12-13/h4-6,12,15,17H,2-3,7-11H2,1H3/t15-/m0/s1. The number of nitrogens with zero attached hydrogens (tertiary/aromatic N) is 1. The van der Waals surface area contributed by atoms with Crippen molar-refractivity contribution < 1.29 is 0 Å². The highest BCUT2D eigenvalue weighted by Gasteiger charge is 2.21. The van der Waals surface area contributed by atoms with Crippen LogP contribution in [0.5, 0.6) is 0 Å². The summed E-state index contributed by atoms with van der Waals surface area (Å²) in [5.41, 5.74) is 1.46. The Morgan fingerprint density at radius 2 is 2.11 bits per heavy atom. The van der Waals surface area contributed by atoms with Gasteiger partial charge in [-0.2, -0.15) is 0 Å². The highest BCUT2D eigenvalue weighted by molar-refractivity contribution is 9.10. The van der Waals surface area contributed by atoms with Crippen LogP contribution in [-0.2, 0) is 0 Å². The first-order valence-corrected chi connectivity index (χ1v) is 7.81. The Balaban J connectivity index is 2.12. The summed E-state index contributed by atoms with van der Waals surface area (Å²) in [6.45, 7) is 6.85. The smallest absolute Gasteiger partial charge is 0.0349 e. The predicted octanol–water partition coefficient (Wildman–Crippen LogP) is 3.59. The summed E-state index contributed by atoms with van der Waals surface area (Å²) in [6.07, 6.45) is 3.85. The van der Waals surface area contributed by atoms with Crippen molar-refractivity contribution in [2.45, 2.75) is 32.2 Å². The molecule has 1 saturated heterocycles. The number of hydrogen-bond acceptors (Lipinski definition) is 2. The topological polar surface area (TPSA) is 15.3 Å². The van der Waals surface area contributed by atoms with E-state index >= 15 is 0 Å². The Labute approximate surface area is 119 Å². The fourth-order valence-corrected chi connectivity index (χ4v) is 3.08. The molecule has 0 amide bonds. The molecule has 0 spiro atoms. The first-order valence-electron chi connectivity index (χ1n) is 7.01. The molecule has 0 radical (unpaired) electrons. The molecule has 0 saturated carbocycles. The van der Waals surface area contributed by atoms with E-state index in [1.807, 2.05) is 0 Å². The van der Waals surface area contributed by atoms with Crippen LogP contribution >= 0.6 is 15.9 Å². The van der Waals surface area contributed by atoms with Crippen molar-refractivity contribution in [3.05, 3.63) is 34.3 Å². The summed E-state index contributed by atoms with van der Waals surface area (Å²) in [5, 5.41) is 3.44. The molecule has 18 heavy (non-hydrogen) atoms. The summed E-state index contributed by atoms with van der Waals surface area (Å²) >= 11 is 3.59. The third-order valence-corrected chi connectivity index (χ3v) is 4.15. The molecule has 1 N–H and O–H groups in total. The molecule has 0 bridgehead atoms. The number of piperazine rings is 1. The fraction of sp³-hybridized carbons (Fsp3) is 0.600. The Morgan fingerprint density at radius 3 is 2.78 bits per heavy atom. The third-order valence-electron chi connectivity index (χ3n) is 3.66. The third kappa shape index (κ3) is 3.81. The van der Waals surface area contributed by atoms with E-state index in [0.717, 1.165) is 13.1 Å². The number of nitrogens with one attached hydrogen (secondary N) is 1. The maximum Gasteiger partial charge on any atom is 0.0349 e. The summed E-state index contributed by atoms with van der Waals surface area (Å²) in [7, 11) is 0. The minimum atomic E-state index is 0.588. The van der Waals surface area contributed by atoms with Gasteiger partial charge in [-0.3, -0.25) is 4.90 Å². The number of unbranched alkanes of at least 4 members (excludes halogenated alkanes) is 1. The number of rotatable bonds is 5. The van der Waals surface area contributed by atoms with E-state index in [1.54, 1.807) is 0 Å². The van der Waals surface area contributed by atoms with Crippen molar-refractivity contribution >= 4 is 15.9 Å². The SMILES string of the molecule is CCCC[C@@H](c1cccc(Br)c1)N1CCNCC1. The van der Waals surface area contributed by atoms with Crippen LogP contribution in [0, 0.1) is 0 Å². The molecule has 2 rings (SSSR count). The van der Waals surface area contributed by atoms with Crippen LogP contribution in [0.25, 0.3) is 0 Å². The number of benzene rings is 1. The van der Waals surface area contributed by atoms with Crippen LogP contribution in [0.1, 0.15) is 37.8 Å². The normalized spacial score (nSPS) is 18.8. The predicted molar refractivity (Wildman–Crippen MR) is 80.9 cm³/mol. The van der Waals surface area contributed by atoms with Crippen molar-refractivity contribution in [1.82, 2.24) is 10.2 Å². The summed E-state index contributed by atoms with van der Waals surface area (Å²) in [5.74, 6) is 0. The van der Waals surface area contributed by atoms with Gasteiger partial charge in [-0.25, -0.2) is 0 Å². The van der Waals surface area contributed by atoms with Gasteiger partial charge in [-0.05, 0) is 24.1 Å². The molecule has 1 atom stereocenters. The van der Waals surface area contributed by atoms with Crippen molar-refractivity contribution in [2.75, 3.05) is 26.2 Å². The molecule has 1 aliphatic heterocycles. The molecule has 100 valence electrons. The van der Waals surface area contributed by atoms with E-state index in [-0.39, 0.29) is 0 Å². The highest BCUT2D eigenvalue weighted by Crippen LogP contribution is 2.28. The second-order valence-electron chi connectivity index (χ2n) is 5.00. The maximum absolute atomic E-state index is 3.59.